The zero-order chi connectivity index (χ0) is 27.8. The maximum atomic E-state index is 14.0. The molecule has 0 aliphatic carbocycles. The molecule has 2 aliphatic rings. The molecule has 4 aromatic rings. The van der Waals surface area contributed by atoms with E-state index in [1.807, 2.05) is 56.3 Å². The number of carbonyl (C=O) groups excluding carboxylic acids is 1. The van der Waals surface area contributed by atoms with Crippen molar-refractivity contribution in [1.29, 1.82) is 0 Å². The molecule has 0 saturated carbocycles. The highest BCUT2D eigenvalue weighted by molar-refractivity contribution is 5.99. The lowest BCUT2D eigenvalue weighted by molar-refractivity contribution is 0.0714. The Balaban J connectivity index is 1.48. The van der Waals surface area contributed by atoms with Crippen LogP contribution in [-0.2, 0) is 6.54 Å². The highest BCUT2D eigenvalue weighted by Gasteiger charge is 2.43. The minimum atomic E-state index is -0.682. The molecule has 6 rings (SSSR count). The number of nitrogens with zero attached hydrogens (tertiary/aromatic N) is 1. The third kappa shape index (κ3) is 4.53. The molecule has 0 radical (unpaired) electrons. The van der Waals surface area contributed by atoms with E-state index >= 15 is 0 Å². The minimum Gasteiger partial charge on any atom is -0.490 e. The Bertz CT molecular complexity index is 1660. The Hall–Kier alpha value is -4.46. The predicted octanol–water partition coefficient (Wildman–Crippen LogP) is 6.15. The molecule has 3 aromatic carbocycles. The molecule has 0 fully saturated rings. The van der Waals surface area contributed by atoms with Gasteiger partial charge in [0.05, 0.1) is 30.2 Å². The van der Waals surface area contributed by atoms with Gasteiger partial charge in [-0.15, -0.1) is 0 Å². The zero-order valence-corrected chi connectivity index (χ0v) is 22.8. The number of ether oxygens (including phenoxy) is 4. The van der Waals surface area contributed by atoms with E-state index in [1.165, 1.54) is 0 Å². The van der Waals surface area contributed by atoms with E-state index in [4.69, 9.17) is 23.4 Å². The first kappa shape index (κ1) is 25.8. The minimum absolute atomic E-state index is 0.0633. The largest absolute Gasteiger partial charge is 0.490 e. The van der Waals surface area contributed by atoms with Crippen molar-refractivity contribution in [3.63, 3.8) is 0 Å². The highest BCUT2D eigenvalue weighted by atomic mass is 16.7. The monoisotopic (exact) mass is 541 g/mol. The van der Waals surface area contributed by atoms with E-state index in [-0.39, 0.29) is 30.4 Å². The van der Waals surface area contributed by atoms with Crippen molar-refractivity contribution < 1.29 is 28.2 Å². The van der Waals surface area contributed by atoms with Gasteiger partial charge in [-0.2, -0.15) is 0 Å². The maximum absolute atomic E-state index is 14.0. The fraction of sp³-hybridized carbons (Fsp3) is 0.312. The molecule has 8 heteroatoms. The van der Waals surface area contributed by atoms with Crippen molar-refractivity contribution in [2.24, 2.45) is 0 Å². The van der Waals surface area contributed by atoms with Crippen molar-refractivity contribution in [3.8, 4) is 23.0 Å². The number of hydrogen-bond donors (Lipinski definition) is 0. The van der Waals surface area contributed by atoms with Crippen LogP contribution in [0, 0.1) is 6.92 Å². The number of unbranched alkanes of at least 4 members (excludes halogenated alkanes) is 1. The number of carbonyl (C=O) groups is 1. The third-order valence-corrected chi connectivity index (χ3v) is 7.25. The smallest absolute Gasteiger partial charge is 0.291 e. The summed E-state index contributed by atoms with van der Waals surface area (Å²) in [6.07, 6.45) is 1.94. The number of rotatable bonds is 9. The number of benzene rings is 3. The standard InChI is InChI=1S/C32H31NO7/c1-4-6-13-37-24-12-9-21(16-27(24)36-5-2)29-28-30(34)22-14-19(3)7-10-23(22)40-31(28)32(35)33(29)17-20-8-11-25-26(15-20)39-18-38-25/h7-12,14-16,29H,4-6,13,17-18H2,1-3H3/t29-/m1/s1. The summed E-state index contributed by atoms with van der Waals surface area (Å²) in [5.41, 5.74) is 3.01. The van der Waals surface area contributed by atoms with Gasteiger partial charge in [0.1, 0.15) is 5.58 Å². The van der Waals surface area contributed by atoms with Gasteiger partial charge in [0.25, 0.3) is 5.91 Å². The number of fused-ring (bicyclic) bond motifs is 3. The Kier molecular flexibility index (Phi) is 6.84. The molecule has 0 unspecified atom stereocenters. The lowest BCUT2D eigenvalue weighted by Gasteiger charge is -2.26. The van der Waals surface area contributed by atoms with Crippen LogP contribution in [0.2, 0.25) is 0 Å². The van der Waals surface area contributed by atoms with Crippen LogP contribution >= 0.6 is 0 Å². The van der Waals surface area contributed by atoms with Gasteiger partial charge in [0.2, 0.25) is 12.6 Å². The van der Waals surface area contributed by atoms with E-state index in [1.54, 1.807) is 17.0 Å². The number of aryl methyl sites for hydroxylation is 1. The zero-order valence-electron chi connectivity index (χ0n) is 22.8. The molecule has 206 valence electrons. The second-order valence-corrected chi connectivity index (χ2v) is 10.0. The summed E-state index contributed by atoms with van der Waals surface area (Å²) in [5, 5.41) is 0.450. The van der Waals surface area contributed by atoms with E-state index in [9.17, 15) is 9.59 Å². The van der Waals surface area contributed by atoms with Crippen molar-refractivity contribution in [2.75, 3.05) is 20.0 Å². The van der Waals surface area contributed by atoms with Crippen LogP contribution in [0.25, 0.3) is 11.0 Å². The van der Waals surface area contributed by atoms with Crippen LogP contribution in [-0.4, -0.2) is 30.8 Å². The third-order valence-electron chi connectivity index (χ3n) is 7.25. The summed E-state index contributed by atoms with van der Waals surface area (Å²) in [6.45, 7) is 7.35. The van der Waals surface area contributed by atoms with Gasteiger partial charge < -0.3 is 28.3 Å². The molecule has 0 N–H and O–H groups in total. The maximum Gasteiger partial charge on any atom is 0.291 e. The molecule has 1 amide bonds. The summed E-state index contributed by atoms with van der Waals surface area (Å²) >= 11 is 0. The highest BCUT2D eigenvalue weighted by Crippen LogP contribution is 2.42. The van der Waals surface area contributed by atoms with E-state index in [0.717, 1.165) is 29.5 Å². The van der Waals surface area contributed by atoms with Crippen LogP contribution in [0.4, 0.5) is 0 Å². The average molecular weight is 542 g/mol. The van der Waals surface area contributed by atoms with Gasteiger partial charge >= 0.3 is 0 Å². The molecule has 1 atom stereocenters. The first-order valence-electron chi connectivity index (χ1n) is 13.6. The molecule has 0 saturated heterocycles. The van der Waals surface area contributed by atoms with Gasteiger partial charge in [-0.3, -0.25) is 9.59 Å². The lowest BCUT2D eigenvalue weighted by atomic mass is 9.97. The van der Waals surface area contributed by atoms with Gasteiger partial charge in [-0.25, -0.2) is 0 Å². The van der Waals surface area contributed by atoms with E-state index in [0.29, 0.717) is 52.7 Å². The van der Waals surface area contributed by atoms with E-state index < -0.39 is 6.04 Å². The Morgan fingerprint density at radius 3 is 2.60 bits per heavy atom. The second kappa shape index (κ2) is 10.6. The quantitative estimate of drug-likeness (QED) is 0.235. The van der Waals surface area contributed by atoms with Crippen molar-refractivity contribution in [3.05, 3.63) is 92.8 Å². The Labute approximate surface area is 232 Å². The molecular weight excluding hydrogens is 510 g/mol. The topological polar surface area (TPSA) is 87.4 Å². The van der Waals surface area contributed by atoms with Crippen LogP contribution in [0.1, 0.15) is 65.5 Å². The van der Waals surface area contributed by atoms with Gasteiger partial charge in [-0.1, -0.05) is 37.1 Å². The second-order valence-electron chi connectivity index (χ2n) is 10.0. The molecule has 8 nitrogen and oxygen atoms in total. The summed E-state index contributed by atoms with van der Waals surface area (Å²) in [5.74, 6) is 2.20. The van der Waals surface area contributed by atoms with Gasteiger partial charge in [-0.05, 0) is 67.8 Å². The lowest BCUT2D eigenvalue weighted by Crippen LogP contribution is -2.29. The predicted molar refractivity (Wildman–Crippen MR) is 150 cm³/mol. The van der Waals surface area contributed by atoms with Crippen molar-refractivity contribution >= 4 is 16.9 Å². The van der Waals surface area contributed by atoms with Crippen molar-refractivity contribution in [2.45, 2.75) is 46.2 Å². The summed E-state index contributed by atoms with van der Waals surface area (Å²) in [6, 6.07) is 15.9. The van der Waals surface area contributed by atoms with Crippen LogP contribution in [0.3, 0.4) is 0 Å². The van der Waals surface area contributed by atoms with Crippen LogP contribution in [0.5, 0.6) is 23.0 Å². The normalized spacial score (nSPS) is 15.5. The van der Waals surface area contributed by atoms with Gasteiger partial charge in [0, 0.05) is 6.54 Å². The number of amides is 1. The molecule has 1 aromatic heterocycles. The number of hydrogen-bond acceptors (Lipinski definition) is 7. The van der Waals surface area contributed by atoms with Crippen LogP contribution < -0.4 is 24.4 Å². The molecule has 2 aliphatic heterocycles. The SMILES string of the molecule is CCCCOc1ccc([C@@H]2c3c(oc4ccc(C)cc4c3=O)C(=O)N2Cc2ccc3c(c2)OCO3)cc1OCC. The summed E-state index contributed by atoms with van der Waals surface area (Å²) in [7, 11) is 0. The first-order valence-corrected chi connectivity index (χ1v) is 13.6. The summed E-state index contributed by atoms with van der Waals surface area (Å²) < 4.78 is 29.1. The molecule has 3 heterocycles. The Morgan fingerprint density at radius 2 is 1.77 bits per heavy atom. The van der Waals surface area contributed by atoms with Crippen LogP contribution in [0.15, 0.2) is 63.8 Å². The molecule has 40 heavy (non-hydrogen) atoms. The molecular formula is C32H31NO7. The van der Waals surface area contributed by atoms with E-state index in [2.05, 4.69) is 6.92 Å². The molecule has 0 bridgehead atoms. The average Bonchev–Trinajstić information content (AvgIpc) is 3.53. The van der Waals surface area contributed by atoms with Crippen molar-refractivity contribution in [1.82, 2.24) is 4.90 Å². The molecule has 0 spiro atoms. The fourth-order valence-corrected chi connectivity index (χ4v) is 5.29. The fourth-order valence-electron chi connectivity index (χ4n) is 5.29. The summed E-state index contributed by atoms with van der Waals surface area (Å²) in [4.78, 5) is 29.6. The Morgan fingerprint density at radius 1 is 0.925 bits per heavy atom. The first-order chi connectivity index (χ1) is 19.5. The van der Waals surface area contributed by atoms with Gasteiger partial charge in [0.15, 0.2) is 28.4 Å².